The van der Waals surface area contributed by atoms with E-state index >= 15 is 0 Å². The number of hydrogen-bond acceptors (Lipinski definition) is 4. The van der Waals surface area contributed by atoms with Crippen LogP contribution in [0.2, 0.25) is 0 Å². The van der Waals surface area contributed by atoms with Crippen LogP contribution in [0.1, 0.15) is 51.4 Å². The third-order valence-corrected chi connectivity index (χ3v) is 5.52. The van der Waals surface area contributed by atoms with Crippen molar-refractivity contribution in [2.24, 2.45) is 5.92 Å². The zero-order valence-electron chi connectivity index (χ0n) is 13.5. The first-order valence-electron chi connectivity index (χ1n) is 9.03. The van der Waals surface area contributed by atoms with Crippen molar-refractivity contribution in [3.63, 3.8) is 0 Å². The third-order valence-electron chi connectivity index (χ3n) is 5.52. The number of nitrogens with zero attached hydrogens (tertiary/aromatic N) is 1. The highest BCUT2D eigenvalue weighted by atomic mass is 16.5. The van der Waals surface area contributed by atoms with Crippen molar-refractivity contribution in [3.05, 3.63) is 0 Å². The fraction of sp³-hybridized carbons (Fsp3) is 0.941. The summed E-state index contributed by atoms with van der Waals surface area (Å²) in [6, 6.07) is 0.392. The number of amides is 1. The SMILES string of the molecule is O=C(CN1C[C@H](O)C[C@@H]1C1CCCCC1)NC[C@H]1CCCO1. The van der Waals surface area contributed by atoms with Gasteiger partial charge in [0, 0.05) is 25.7 Å². The van der Waals surface area contributed by atoms with Crippen molar-refractivity contribution in [1.29, 1.82) is 0 Å². The number of aliphatic hydroxyl groups excluding tert-OH is 1. The Hall–Kier alpha value is -0.650. The lowest BCUT2D eigenvalue weighted by molar-refractivity contribution is -0.123. The predicted molar refractivity (Wildman–Crippen MR) is 84.5 cm³/mol. The van der Waals surface area contributed by atoms with Crippen molar-refractivity contribution in [1.82, 2.24) is 10.2 Å². The average Bonchev–Trinajstić information content (AvgIpc) is 3.16. The first-order chi connectivity index (χ1) is 10.7. The number of nitrogens with one attached hydrogen (secondary N) is 1. The first kappa shape index (κ1) is 16.2. The first-order valence-corrected chi connectivity index (χ1v) is 9.03. The van der Waals surface area contributed by atoms with Crippen LogP contribution in [0.25, 0.3) is 0 Å². The molecule has 1 aliphatic carbocycles. The van der Waals surface area contributed by atoms with E-state index in [4.69, 9.17) is 4.74 Å². The van der Waals surface area contributed by atoms with Crippen LogP contribution < -0.4 is 5.32 Å². The molecule has 2 aliphatic heterocycles. The van der Waals surface area contributed by atoms with Gasteiger partial charge in [-0.25, -0.2) is 0 Å². The van der Waals surface area contributed by atoms with E-state index in [0.717, 1.165) is 25.9 Å². The van der Waals surface area contributed by atoms with Crippen LogP contribution in [0.5, 0.6) is 0 Å². The van der Waals surface area contributed by atoms with E-state index in [1.165, 1.54) is 32.1 Å². The highest BCUT2D eigenvalue weighted by Gasteiger charge is 2.37. The van der Waals surface area contributed by atoms with E-state index in [-0.39, 0.29) is 18.1 Å². The molecule has 0 bridgehead atoms. The van der Waals surface area contributed by atoms with Gasteiger partial charge in [-0.2, -0.15) is 0 Å². The largest absolute Gasteiger partial charge is 0.392 e. The zero-order chi connectivity index (χ0) is 15.4. The Bertz CT molecular complexity index is 365. The standard InChI is InChI=1S/C17H30N2O3/c20-14-9-16(13-5-2-1-3-6-13)19(11-14)12-17(21)18-10-15-7-4-8-22-15/h13-16,20H,1-12H2,(H,18,21)/t14-,15-,16-/m1/s1. The fourth-order valence-electron chi connectivity index (χ4n) is 4.37. The second-order valence-electron chi connectivity index (χ2n) is 7.22. The Kier molecular flexibility index (Phi) is 5.71. The van der Waals surface area contributed by atoms with Gasteiger partial charge in [-0.1, -0.05) is 19.3 Å². The minimum atomic E-state index is -0.266. The molecule has 126 valence electrons. The number of hydrogen-bond donors (Lipinski definition) is 2. The fourth-order valence-corrected chi connectivity index (χ4v) is 4.37. The molecule has 0 aromatic heterocycles. The molecule has 2 N–H and O–H groups in total. The summed E-state index contributed by atoms with van der Waals surface area (Å²) in [5.74, 6) is 0.738. The van der Waals surface area contributed by atoms with Gasteiger partial charge in [0.1, 0.15) is 0 Å². The van der Waals surface area contributed by atoms with Gasteiger partial charge in [-0.3, -0.25) is 9.69 Å². The molecule has 0 radical (unpaired) electrons. The van der Waals surface area contributed by atoms with Gasteiger partial charge in [0.2, 0.25) is 5.91 Å². The van der Waals surface area contributed by atoms with Crippen LogP contribution in [-0.2, 0) is 9.53 Å². The molecule has 22 heavy (non-hydrogen) atoms. The maximum atomic E-state index is 12.2. The number of carbonyl (C=O) groups is 1. The molecule has 3 aliphatic rings. The molecule has 0 spiro atoms. The van der Waals surface area contributed by atoms with Crippen LogP contribution in [0.4, 0.5) is 0 Å². The van der Waals surface area contributed by atoms with Crippen molar-refractivity contribution in [2.45, 2.75) is 69.6 Å². The summed E-state index contributed by atoms with van der Waals surface area (Å²) in [7, 11) is 0. The lowest BCUT2D eigenvalue weighted by atomic mass is 9.83. The van der Waals surface area contributed by atoms with E-state index in [9.17, 15) is 9.90 Å². The van der Waals surface area contributed by atoms with Crippen LogP contribution in [0, 0.1) is 5.92 Å². The summed E-state index contributed by atoms with van der Waals surface area (Å²) >= 11 is 0. The molecule has 3 rings (SSSR count). The smallest absolute Gasteiger partial charge is 0.234 e. The summed E-state index contributed by atoms with van der Waals surface area (Å²) in [6.07, 6.45) is 9.37. The maximum Gasteiger partial charge on any atom is 0.234 e. The van der Waals surface area contributed by atoms with E-state index in [1.54, 1.807) is 0 Å². The van der Waals surface area contributed by atoms with Gasteiger partial charge < -0.3 is 15.2 Å². The quantitative estimate of drug-likeness (QED) is 0.803. The van der Waals surface area contributed by atoms with Crippen LogP contribution >= 0.6 is 0 Å². The molecule has 3 fully saturated rings. The van der Waals surface area contributed by atoms with Crippen LogP contribution in [-0.4, -0.2) is 60.4 Å². The molecule has 1 amide bonds. The lowest BCUT2D eigenvalue weighted by Crippen LogP contribution is -2.44. The molecule has 5 heteroatoms. The molecule has 0 aromatic rings. The number of carbonyl (C=O) groups excluding carboxylic acids is 1. The number of aliphatic hydroxyl groups is 1. The Morgan fingerprint density at radius 3 is 2.73 bits per heavy atom. The normalized spacial score (nSPS) is 34.1. The molecular formula is C17H30N2O3. The van der Waals surface area contributed by atoms with Crippen LogP contribution in [0.3, 0.4) is 0 Å². The summed E-state index contributed by atoms with van der Waals surface area (Å²) in [4.78, 5) is 14.4. The number of rotatable bonds is 5. The van der Waals surface area contributed by atoms with Gasteiger partial charge in [-0.15, -0.1) is 0 Å². The Morgan fingerprint density at radius 1 is 1.18 bits per heavy atom. The molecule has 3 atom stereocenters. The second kappa shape index (κ2) is 7.75. The third kappa shape index (κ3) is 4.21. The Morgan fingerprint density at radius 2 is 2.00 bits per heavy atom. The average molecular weight is 310 g/mol. The molecular weight excluding hydrogens is 280 g/mol. The highest BCUT2D eigenvalue weighted by Crippen LogP contribution is 2.34. The van der Waals surface area contributed by atoms with E-state index in [2.05, 4.69) is 10.2 Å². The molecule has 2 saturated heterocycles. The summed E-state index contributed by atoms with van der Waals surface area (Å²) in [5.41, 5.74) is 0. The lowest BCUT2D eigenvalue weighted by Gasteiger charge is -2.33. The van der Waals surface area contributed by atoms with Gasteiger partial charge in [0.15, 0.2) is 0 Å². The Balaban J connectivity index is 1.47. The topological polar surface area (TPSA) is 61.8 Å². The van der Waals surface area contributed by atoms with Gasteiger partial charge in [0.25, 0.3) is 0 Å². The summed E-state index contributed by atoms with van der Waals surface area (Å²) in [6.45, 7) is 2.52. The predicted octanol–water partition coefficient (Wildman–Crippen LogP) is 1.30. The van der Waals surface area contributed by atoms with Crippen LogP contribution in [0.15, 0.2) is 0 Å². The highest BCUT2D eigenvalue weighted by molar-refractivity contribution is 5.78. The van der Waals surface area contributed by atoms with Gasteiger partial charge >= 0.3 is 0 Å². The van der Waals surface area contributed by atoms with E-state index in [0.29, 0.717) is 31.6 Å². The van der Waals surface area contributed by atoms with Gasteiger partial charge in [0.05, 0.1) is 18.8 Å². The number of ether oxygens (including phenoxy) is 1. The summed E-state index contributed by atoms with van der Waals surface area (Å²) in [5, 5.41) is 13.0. The maximum absolute atomic E-state index is 12.2. The molecule has 0 aromatic carbocycles. The molecule has 2 heterocycles. The van der Waals surface area contributed by atoms with Crippen molar-refractivity contribution in [3.8, 4) is 0 Å². The minimum absolute atomic E-state index is 0.0745. The second-order valence-corrected chi connectivity index (χ2v) is 7.22. The van der Waals surface area contributed by atoms with Crippen molar-refractivity contribution < 1.29 is 14.6 Å². The number of likely N-dealkylation sites (tertiary alicyclic amines) is 1. The molecule has 1 saturated carbocycles. The zero-order valence-corrected chi connectivity index (χ0v) is 13.5. The molecule has 5 nitrogen and oxygen atoms in total. The van der Waals surface area contributed by atoms with Gasteiger partial charge in [-0.05, 0) is 38.0 Å². The number of β-amino-alcohol motifs (C(OH)–C–C–N with tert-alkyl or cyclic N) is 1. The van der Waals surface area contributed by atoms with Crippen molar-refractivity contribution in [2.75, 3.05) is 26.2 Å². The molecule has 0 unspecified atom stereocenters. The van der Waals surface area contributed by atoms with E-state index in [1.807, 2.05) is 0 Å². The summed E-state index contributed by atoms with van der Waals surface area (Å²) < 4.78 is 5.54. The van der Waals surface area contributed by atoms with E-state index < -0.39 is 0 Å². The van der Waals surface area contributed by atoms with Crippen molar-refractivity contribution >= 4 is 5.91 Å². The minimum Gasteiger partial charge on any atom is -0.392 e. The monoisotopic (exact) mass is 310 g/mol. The Labute approximate surface area is 133 Å².